The largest absolute Gasteiger partial charge is 0.490 e. The average molecular weight is 448 g/mol. The van der Waals surface area contributed by atoms with E-state index in [0.29, 0.717) is 11.3 Å². The molecular weight excluding hydrogens is 422 g/mol. The third-order valence-corrected chi connectivity index (χ3v) is 6.55. The van der Waals surface area contributed by atoms with Crippen molar-refractivity contribution in [1.82, 2.24) is 10.3 Å². The fraction of sp³-hybridized carbons (Fsp3) is 0.320. The minimum absolute atomic E-state index is 0.00512. The van der Waals surface area contributed by atoms with E-state index in [1.54, 1.807) is 11.3 Å². The molecule has 3 aromatic rings. The lowest BCUT2D eigenvalue weighted by Crippen LogP contribution is -2.27. The van der Waals surface area contributed by atoms with Crippen molar-refractivity contribution in [3.63, 3.8) is 0 Å². The quantitative estimate of drug-likeness (QED) is 0.520. The summed E-state index contributed by atoms with van der Waals surface area (Å²) in [5, 5.41) is 13.7. The van der Waals surface area contributed by atoms with Gasteiger partial charge >= 0.3 is 5.97 Å². The number of thiazole rings is 1. The van der Waals surface area contributed by atoms with Crippen LogP contribution in [0.4, 0.5) is 0 Å². The van der Waals surface area contributed by atoms with E-state index in [-0.39, 0.29) is 24.7 Å². The number of esters is 1. The highest BCUT2D eigenvalue weighted by Gasteiger charge is 2.26. The predicted molar refractivity (Wildman–Crippen MR) is 125 cm³/mol. The van der Waals surface area contributed by atoms with Crippen molar-refractivity contribution < 1.29 is 14.3 Å². The Hall–Kier alpha value is -3.21. The van der Waals surface area contributed by atoms with Crippen LogP contribution in [0.3, 0.4) is 0 Å². The molecule has 0 fully saturated rings. The molecule has 1 unspecified atom stereocenters. The molecular formula is C25H25N3O3S. The smallest absolute Gasteiger partial charge is 0.319 e. The summed E-state index contributed by atoms with van der Waals surface area (Å²) < 4.78 is 10.5. The second-order valence-corrected chi connectivity index (χ2v) is 8.97. The molecule has 0 radical (unpaired) electrons. The van der Waals surface area contributed by atoms with Gasteiger partial charge in [0.2, 0.25) is 0 Å². The molecule has 164 valence electrons. The van der Waals surface area contributed by atoms with Gasteiger partial charge in [0.1, 0.15) is 16.8 Å². The lowest BCUT2D eigenvalue weighted by atomic mass is 10.0. The molecule has 0 saturated carbocycles. The molecule has 1 aliphatic carbocycles. The van der Waals surface area contributed by atoms with Crippen LogP contribution in [0.25, 0.3) is 21.0 Å². The number of nitrogens with one attached hydrogen (secondary N) is 1. The first kappa shape index (κ1) is 22.0. The van der Waals surface area contributed by atoms with Crippen LogP contribution in [0.2, 0.25) is 0 Å². The second-order valence-electron chi connectivity index (χ2n) is 7.94. The van der Waals surface area contributed by atoms with Crippen molar-refractivity contribution >= 4 is 17.3 Å². The van der Waals surface area contributed by atoms with Gasteiger partial charge in [0.25, 0.3) is 0 Å². The van der Waals surface area contributed by atoms with Crippen molar-refractivity contribution in [2.45, 2.75) is 38.8 Å². The summed E-state index contributed by atoms with van der Waals surface area (Å²) in [4.78, 5) is 17.2. The van der Waals surface area contributed by atoms with E-state index in [1.807, 2.05) is 38.2 Å². The molecule has 0 aliphatic heterocycles. The number of hydrogen-bond donors (Lipinski definition) is 1. The summed E-state index contributed by atoms with van der Waals surface area (Å²) in [7, 11) is 1.40. The lowest BCUT2D eigenvalue weighted by Gasteiger charge is -2.13. The van der Waals surface area contributed by atoms with Crippen LogP contribution in [0.15, 0.2) is 42.6 Å². The van der Waals surface area contributed by atoms with Crippen LogP contribution in [-0.2, 0) is 16.0 Å². The zero-order chi connectivity index (χ0) is 22.7. The van der Waals surface area contributed by atoms with E-state index in [1.165, 1.54) is 23.8 Å². The van der Waals surface area contributed by atoms with E-state index in [4.69, 9.17) is 9.47 Å². The van der Waals surface area contributed by atoms with Crippen LogP contribution in [0, 0.1) is 11.3 Å². The van der Waals surface area contributed by atoms with Gasteiger partial charge in [-0.25, -0.2) is 4.98 Å². The number of methoxy groups -OCH3 is 1. The third kappa shape index (κ3) is 4.52. The maximum atomic E-state index is 11.5. The molecule has 1 N–H and O–H groups in total. The van der Waals surface area contributed by atoms with Crippen molar-refractivity contribution in [3.05, 3.63) is 59.3 Å². The number of carbonyl (C=O) groups is 1. The molecule has 0 amide bonds. The highest BCUT2D eigenvalue weighted by Crippen LogP contribution is 2.41. The van der Waals surface area contributed by atoms with E-state index >= 15 is 0 Å². The molecule has 1 heterocycles. The second kappa shape index (κ2) is 9.51. The van der Waals surface area contributed by atoms with Crippen molar-refractivity contribution in [2.24, 2.45) is 0 Å². The topological polar surface area (TPSA) is 84.2 Å². The molecule has 7 heteroatoms. The SMILES string of the molecule is COC(=O)CNC1CCc2c(-c3cnc(-c4ccc(OC(C)C)c(C#N)c4)s3)cccc21. The first-order chi connectivity index (χ1) is 15.5. The summed E-state index contributed by atoms with van der Waals surface area (Å²) >= 11 is 1.61. The van der Waals surface area contributed by atoms with Crippen molar-refractivity contribution in [1.29, 1.82) is 5.26 Å². The fourth-order valence-electron chi connectivity index (χ4n) is 4.02. The Morgan fingerprint density at radius 2 is 2.19 bits per heavy atom. The number of fused-ring (bicyclic) bond motifs is 1. The zero-order valence-electron chi connectivity index (χ0n) is 18.3. The Morgan fingerprint density at radius 3 is 2.94 bits per heavy atom. The monoisotopic (exact) mass is 447 g/mol. The van der Waals surface area contributed by atoms with Gasteiger partial charge in [0.05, 0.1) is 30.2 Å². The number of nitriles is 1. The third-order valence-electron chi connectivity index (χ3n) is 5.47. The number of nitrogens with zero attached hydrogens (tertiary/aromatic N) is 2. The Balaban J connectivity index is 1.60. The summed E-state index contributed by atoms with van der Waals surface area (Å²) in [6.45, 7) is 4.08. The van der Waals surface area contributed by atoms with Gasteiger partial charge in [-0.3, -0.25) is 4.79 Å². The molecule has 0 saturated heterocycles. The van der Waals surface area contributed by atoms with Gasteiger partial charge in [0, 0.05) is 17.8 Å². The van der Waals surface area contributed by atoms with Crippen LogP contribution < -0.4 is 10.1 Å². The molecule has 1 aromatic heterocycles. The van der Waals surface area contributed by atoms with Crippen LogP contribution >= 0.6 is 11.3 Å². The summed E-state index contributed by atoms with van der Waals surface area (Å²) in [5.41, 5.74) is 5.10. The molecule has 6 nitrogen and oxygen atoms in total. The first-order valence-corrected chi connectivity index (χ1v) is 11.4. The Kier molecular flexibility index (Phi) is 6.54. The van der Waals surface area contributed by atoms with E-state index < -0.39 is 0 Å². The standard InChI is InChI=1S/C25H25N3O3S/c1-15(2)31-22-10-7-16(11-17(22)12-26)25-28-13-23(32-25)20-6-4-5-19-18(20)8-9-21(19)27-14-24(29)30-3/h4-7,10-11,13,15,21,27H,8-9,14H2,1-3H3. The fourth-order valence-corrected chi connectivity index (χ4v) is 4.98. The average Bonchev–Trinajstić information content (AvgIpc) is 3.44. The molecule has 4 rings (SSSR count). The molecule has 2 aromatic carbocycles. The number of hydrogen-bond acceptors (Lipinski definition) is 7. The van der Waals surface area contributed by atoms with Crippen LogP contribution in [0.5, 0.6) is 5.75 Å². The van der Waals surface area contributed by atoms with Gasteiger partial charge in [0.15, 0.2) is 0 Å². The number of benzene rings is 2. The highest BCUT2D eigenvalue weighted by molar-refractivity contribution is 7.18. The van der Waals surface area contributed by atoms with Gasteiger partial charge < -0.3 is 14.8 Å². The Bertz CT molecular complexity index is 1180. The zero-order valence-corrected chi connectivity index (χ0v) is 19.2. The van der Waals surface area contributed by atoms with E-state index in [9.17, 15) is 10.1 Å². The van der Waals surface area contributed by atoms with E-state index in [2.05, 4.69) is 34.6 Å². The maximum Gasteiger partial charge on any atom is 0.319 e. The molecule has 0 spiro atoms. The summed E-state index contributed by atoms with van der Waals surface area (Å²) in [5.74, 6) is 0.331. The first-order valence-electron chi connectivity index (χ1n) is 10.6. The van der Waals surface area contributed by atoms with Gasteiger partial charge in [-0.1, -0.05) is 18.2 Å². The Labute approximate surface area is 191 Å². The molecule has 32 heavy (non-hydrogen) atoms. The molecule has 1 aliphatic rings. The van der Waals surface area contributed by atoms with Gasteiger partial charge in [-0.2, -0.15) is 5.26 Å². The highest BCUT2D eigenvalue weighted by atomic mass is 32.1. The van der Waals surface area contributed by atoms with E-state index in [0.717, 1.165) is 28.3 Å². The minimum atomic E-state index is -0.261. The number of carbonyl (C=O) groups excluding carboxylic acids is 1. The van der Waals surface area contributed by atoms with Crippen LogP contribution in [-0.4, -0.2) is 30.7 Å². The number of ether oxygens (including phenoxy) is 2. The van der Waals surface area contributed by atoms with Crippen molar-refractivity contribution in [2.75, 3.05) is 13.7 Å². The normalized spacial score (nSPS) is 14.8. The number of rotatable bonds is 7. The molecule has 0 bridgehead atoms. The Morgan fingerprint density at radius 1 is 1.34 bits per heavy atom. The number of aromatic nitrogens is 1. The lowest BCUT2D eigenvalue weighted by molar-refractivity contribution is -0.139. The summed E-state index contributed by atoms with van der Waals surface area (Å²) in [6, 6.07) is 14.3. The van der Waals surface area contributed by atoms with Crippen molar-refractivity contribution in [3.8, 4) is 32.8 Å². The predicted octanol–water partition coefficient (Wildman–Crippen LogP) is 4.89. The van der Waals surface area contributed by atoms with Gasteiger partial charge in [-0.05, 0) is 61.6 Å². The minimum Gasteiger partial charge on any atom is -0.490 e. The maximum absolute atomic E-state index is 11.5. The molecule has 1 atom stereocenters. The summed E-state index contributed by atoms with van der Waals surface area (Å²) in [6.07, 6.45) is 3.79. The van der Waals surface area contributed by atoms with Gasteiger partial charge in [-0.15, -0.1) is 11.3 Å². The van der Waals surface area contributed by atoms with Crippen LogP contribution in [0.1, 0.15) is 43.0 Å².